The van der Waals surface area contributed by atoms with Gasteiger partial charge in [-0.3, -0.25) is 0 Å². The van der Waals surface area contributed by atoms with E-state index >= 15 is 0 Å². The number of benzene rings is 4. The maximum atomic E-state index is 6.12. The van der Waals surface area contributed by atoms with Crippen LogP contribution < -0.4 is 0 Å². The summed E-state index contributed by atoms with van der Waals surface area (Å²) in [5.74, 6) is 0. The smallest absolute Gasteiger partial charge is 0.353 e. The Labute approximate surface area is 216 Å². The van der Waals surface area contributed by atoms with Crippen molar-refractivity contribution in [2.45, 2.75) is 12.2 Å². The summed E-state index contributed by atoms with van der Waals surface area (Å²) in [7, 11) is 0. The van der Waals surface area contributed by atoms with E-state index in [0.717, 1.165) is 44.5 Å². The number of rotatable bonds is 0. The van der Waals surface area contributed by atoms with Crippen LogP contribution in [0.3, 0.4) is 0 Å². The lowest BCUT2D eigenvalue weighted by Crippen LogP contribution is -2.10. The van der Waals surface area contributed by atoms with Crippen molar-refractivity contribution in [1.29, 1.82) is 0 Å². The standard InChI is InChI=1S/C33H24O2S/c36-33-34-31-29-15-7-5-13-27(29)21-19-25-11-3-1-9-23(25)17-18-24-10-2-4-12-26(24)20-22-28-14-6-8-16-30(28)32(31)35-33/h1-22,31-32H/b18-17-,21-19-,22-20-/t31-,32+. The largest absolute Gasteiger partial charge is 0.444 e. The maximum Gasteiger partial charge on any atom is 0.353 e. The number of ether oxygens (including phenoxy) is 2. The van der Waals surface area contributed by atoms with Gasteiger partial charge in [-0.2, -0.15) is 0 Å². The van der Waals surface area contributed by atoms with E-state index in [0.29, 0.717) is 0 Å². The van der Waals surface area contributed by atoms with E-state index in [4.69, 9.17) is 21.7 Å². The van der Waals surface area contributed by atoms with Crippen molar-refractivity contribution < 1.29 is 9.47 Å². The molecule has 4 aromatic carbocycles. The lowest BCUT2D eigenvalue weighted by atomic mass is 9.91. The van der Waals surface area contributed by atoms with Gasteiger partial charge in [0.1, 0.15) is 0 Å². The van der Waals surface area contributed by atoms with Crippen LogP contribution in [-0.4, -0.2) is 5.24 Å². The summed E-state index contributed by atoms with van der Waals surface area (Å²) in [6, 6.07) is 33.4. The average Bonchev–Trinajstić information content (AvgIpc) is 3.31. The van der Waals surface area contributed by atoms with Crippen LogP contribution in [0.4, 0.5) is 0 Å². The van der Waals surface area contributed by atoms with Gasteiger partial charge in [0.05, 0.1) is 0 Å². The molecule has 1 fully saturated rings. The lowest BCUT2D eigenvalue weighted by molar-refractivity contribution is 0.159. The van der Waals surface area contributed by atoms with Gasteiger partial charge in [-0.1, -0.05) is 134 Å². The van der Waals surface area contributed by atoms with E-state index in [1.54, 1.807) is 0 Å². The second-order valence-corrected chi connectivity index (χ2v) is 9.18. The van der Waals surface area contributed by atoms with Gasteiger partial charge in [0, 0.05) is 23.3 Å². The first-order valence-corrected chi connectivity index (χ1v) is 12.4. The van der Waals surface area contributed by atoms with Crippen LogP contribution in [0.5, 0.6) is 0 Å². The monoisotopic (exact) mass is 484 g/mol. The minimum absolute atomic E-state index is 0.181. The third-order valence-electron chi connectivity index (χ3n) is 6.65. The van der Waals surface area contributed by atoms with E-state index < -0.39 is 0 Å². The molecule has 0 spiro atoms. The van der Waals surface area contributed by atoms with Gasteiger partial charge in [0.25, 0.3) is 0 Å². The van der Waals surface area contributed by atoms with Gasteiger partial charge >= 0.3 is 5.24 Å². The van der Waals surface area contributed by atoms with Crippen molar-refractivity contribution in [3.8, 4) is 0 Å². The molecule has 1 aliphatic heterocycles. The quantitative estimate of drug-likeness (QED) is 0.233. The number of fused-ring (bicyclic) bond motifs is 7. The Kier molecular flexibility index (Phi) is 6.06. The highest BCUT2D eigenvalue weighted by Crippen LogP contribution is 2.44. The van der Waals surface area contributed by atoms with Crippen LogP contribution in [0.2, 0.25) is 0 Å². The predicted molar refractivity (Wildman–Crippen MR) is 153 cm³/mol. The fourth-order valence-electron chi connectivity index (χ4n) is 4.82. The molecule has 0 N–H and O–H groups in total. The van der Waals surface area contributed by atoms with Crippen molar-refractivity contribution >= 4 is 53.9 Å². The van der Waals surface area contributed by atoms with Gasteiger partial charge in [0.2, 0.25) is 0 Å². The number of hydrogen-bond acceptors (Lipinski definition) is 3. The molecule has 3 heteroatoms. The van der Waals surface area contributed by atoms with Gasteiger partial charge in [-0.05, 0) is 33.4 Å². The molecule has 1 heterocycles. The van der Waals surface area contributed by atoms with E-state index in [1.165, 1.54) is 0 Å². The number of thiocarbonyl (C=S) groups is 1. The molecule has 174 valence electrons. The summed E-state index contributed by atoms with van der Waals surface area (Å²) in [4.78, 5) is 0. The Balaban J connectivity index is 1.57. The van der Waals surface area contributed by atoms with Crippen molar-refractivity contribution in [3.63, 3.8) is 0 Å². The first-order valence-electron chi connectivity index (χ1n) is 12.0. The second kappa shape index (κ2) is 9.80. The third-order valence-corrected chi connectivity index (χ3v) is 6.84. The molecule has 2 aliphatic rings. The summed E-state index contributed by atoms with van der Waals surface area (Å²) in [5, 5.41) is 0.181. The van der Waals surface area contributed by atoms with Crippen molar-refractivity contribution in [2.75, 3.05) is 0 Å². The predicted octanol–water partition coefficient (Wildman–Crippen LogP) is 8.63. The zero-order chi connectivity index (χ0) is 24.3. The Hall–Kier alpha value is -4.21. The Morgan fingerprint density at radius 1 is 0.389 bits per heavy atom. The van der Waals surface area contributed by atoms with E-state index in [1.807, 2.05) is 24.3 Å². The highest BCUT2D eigenvalue weighted by molar-refractivity contribution is 7.79. The molecule has 0 radical (unpaired) electrons. The van der Waals surface area contributed by atoms with Crippen molar-refractivity contribution in [1.82, 2.24) is 0 Å². The van der Waals surface area contributed by atoms with Crippen molar-refractivity contribution in [3.05, 3.63) is 142 Å². The summed E-state index contributed by atoms with van der Waals surface area (Å²) >= 11 is 5.40. The Morgan fingerprint density at radius 2 is 0.667 bits per heavy atom. The molecule has 4 aromatic rings. The lowest BCUT2D eigenvalue weighted by Gasteiger charge is -2.20. The highest BCUT2D eigenvalue weighted by atomic mass is 32.1. The Bertz CT molecular complexity index is 1420. The zero-order valence-corrected chi connectivity index (χ0v) is 20.4. The molecule has 0 amide bonds. The summed E-state index contributed by atoms with van der Waals surface area (Å²) in [5.41, 5.74) is 8.83. The SMILES string of the molecule is S=C1O[C@@H]2c3ccccc3/C=C\c3ccccc3/C=C\c3ccccc3/C=C\c3ccccc3[C@@H]2O1. The molecule has 2 atom stereocenters. The van der Waals surface area contributed by atoms with Gasteiger partial charge in [-0.25, -0.2) is 0 Å². The zero-order valence-electron chi connectivity index (χ0n) is 19.6. The highest BCUT2D eigenvalue weighted by Gasteiger charge is 2.38. The van der Waals surface area contributed by atoms with E-state index in [9.17, 15) is 0 Å². The van der Waals surface area contributed by atoms with Crippen molar-refractivity contribution in [2.24, 2.45) is 0 Å². The summed E-state index contributed by atoms with van der Waals surface area (Å²) in [6.07, 6.45) is 12.3. The molecule has 0 bridgehead atoms. The topological polar surface area (TPSA) is 18.5 Å². The van der Waals surface area contributed by atoms with Gasteiger partial charge < -0.3 is 9.47 Å². The molecule has 0 aromatic heterocycles. The van der Waals surface area contributed by atoms with E-state index in [2.05, 4.69) is 109 Å². The molecule has 0 unspecified atom stereocenters. The molecule has 36 heavy (non-hydrogen) atoms. The van der Waals surface area contributed by atoms with Crippen LogP contribution in [-0.2, 0) is 9.47 Å². The maximum absolute atomic E-state index is 6.12. The minimum atomic E-state index is -0.344. The fraction of sp³-hybridized carbons (Fsp3) is 0.0606. The second-order valence-electron chi connectivity index (χ2n) is 8.84. The van der Waals surface area contributed by atoms with Crippen LogP contribution in [0, 0.1) is 0 Å². The molecule has 2 nitrogen and oxygen atoms in total. The Morgan fingerprint density at radius 3 is 1.03 bits per heavy atom. The minimum Gasteiger partial charge on any atom is -0.444 e. The number of hydrogen-bond donors (Lipinski definition) is 0. The first-order chi connectivity index (χ1) is 17.8. The van der Waals surface area contributed by atoms with Gasteiger partial charge in [0.15, 0.2) is 12.2 Å². The molecular weight excluding hydrogens is 460 g/mol. The van der Waals surface area contributed by atoms with Gasteiger partial charge in [-0.15, -0.1) is 0 Å². The summed E-state index contributed by atoms with van der Waals surface area (Å²) in [6.45, 7) is 0. The third kappa shape index (κ3) is 4.41. The summed E-state index contributed by atoms with van der Waals surface area (Å²) < 4.78 is 12.2. The van der Waals surface area contributed by atoms with E-state index in [-0.39, 0.29) is 17.4 Å². The molecule has 1 saturated heterocycles. The molecular formula is C33H24O2S. The van der Waals surface area contributed by atoms with Crippen LogP contribution in [0.15, 0.2) is 97.1 Å². The van der Waals surface area contributed by atoms with Crippen LogP contribution >= 0.6 is 12.2 Å². The first kappa shape index (κ1) is 22.3. The molecule has 6 rings (SSSR count). The van der Waals surface area contributed by atoms with Crippen LogP contribution in [0.1, 0.15) is 56.7 Å². The average molecular weight is 485 g/mol. The normalized spacial score (nSPS) is 20.8. The fourth-order valence-corrected chi connectivity index (χ4v) is 5.03. The van der Waals surface area contributed by atoms with Crippen LogP contribution in [0.25, 0.3) is 36.5 Å². The molecule has 0 saturated carbocycles. The molecule has 1 aliphatic carbocycles.